The van der Waals surface area contributed by atoms with Gasteiger partial charge in [-0.25, -0.2) is 22.4 Å². The van der Waals surface area contributed by atoms with Gasteiger partial charge in [-0.1, -0.05) is 6.92 Å². The molecule has 0 amide bonds. The number of hydrogen-bond donors (Lipinski definition) is 3. The molecule has 0 aromatic heterocycles. The highest BCUT2D eigenvalue weighted by molar-refractivity contribution is 7.92. The maximum atomic E-state index is 13.0. The minimum absolute atomic E-state index is 0.0345. The Hall–Kier alpha value is -3.39. The number of aliphatic carboxylic acids is 1. The number of hydrogen-bond acceptors (Lipinski definition) is 6. The van der Waals surface area contributed by atoms with Crippen molar-refractivity contribution in [3.8, 4) is 0 Å². The highest BCUT2D eigenvalue weighted by Gasteiger charge is 2.38. The molecule has 0 bridgehead atoms. The lowest BCUT2D eigenvalue weighted by atomic mass is 10.1. The third kappa shape index (κ3) is 7.82. The van der Waals surface area contributed by atoms with Gasteiger partial charge in [0.2, 0.25) is 0 Å². The van der Waals surface area contributed by atoms with Gasteiger partial charge in [-0.15, -0.1) is 0 Å². The Labute approximate surface area is 198 Å². The van der Waals surface area contributed by atoms with Crippen LogP contribution in [-0.2, 0) is 14.8 Å². The quantitative estimate of drug-likeness (QED) is 0.495. The van der Waals surface area contributed by atoms with Crippen LogP contribution in [-0.4, -0.2) is 74.4 Å². The predicted molar refractivity (Wildman–Crippen MR) is 119 cm³/mol. The monoisotopic (exact) mass is 521 g/mol. The van der Waals surface area contributed by atoms with Crippen LogP contribution in [0.3, 0.4) is 0 Å². The second-order valence-corrected chi connectivity index (χ2v) is 9.00. The SMILES string of the molecule is CCN1CCN(c2ccc(NS(=O)(=O)c3ccc(F)cc3)c(C(=O)O)c2)CC1.O=C(O)C(F)(F)F. The fourth-order valence-corrected chi connectivity index (χ4v) is 4.21. The highest BCUT2D eigenvalue weighted by atomic mass is 32.2. The molecule has 192 valence electrons. The van der Waals surface area contributed by atoms with Crippen molar-refractivity contribution in [1.29, 1.82) is 0 Å². The molecule has 0 spiro atoms. The van der Waals surface area contributed by atoms with Crippen molar-refractivity contribution in [3.05, 3.63) is 53.8 Å². The van der Waals surface area contributed by atoms with E-state index in [9.17, 15) is 35.9 Å². The number of benzene rings is 2. The van der Waals surface area contributed by atoms with E-state index >= 15 is 0 Å². The van der Waals surface area contributed by atoms with E-state index in [4.69, 9.17) is 9.90 Å². The first-order valence-corrected chi connectivity index (χ1v) is 11.7. The molecule has 0 radical (unpaired) electrons. The summed E-state index contributed by atoms with van der Waals surface area (Å²) in [5.74, 6) is -4.55. The van der Waals surface area contributed by atoms with Crippen molar-refractivity contribution in [1.82, 2.24) is 4.90 Å². The second kappa shape index (κ2) is 11.4. The molecule has 35 heavy (non-hydrogen) atoms. The molecule has 2 aromatic rings. The molecule has 1 fully saturated rings. The van der Waals surface area contributed by atoms with Crippen LogP contribution in [0.2, 0.25) is 0 Å². The van der Waals surface area contributed by atoms with E-state index in [-0.39, 0.29) is 16.1 Å². The topological polar surface area (TPSA) is 127 Å². The number of nitrogens with one attached hydrogen (secondary N) is 1. The fourth-order valence-electron chi connectivity index (χ4n) is 3.13. The first kappa shape index (κ1) is 27.9. The van der Waals surface area contributed by atoms with E-state index in [1.165, 1.54) is 12.1 Å². The molecule has 14 heteroatoms. The van der Waals surface area contributed by atoms with E-state index in [0.717, 1.165) is 62.7 Å². The van der Waals surface area contributed by atoms with E-state index in [2.05, 4.69) is 21.4 Å². The van der Waals surface area contributed by atoms with Crippen LogP contribution in [0.15, 0.2) is 47.4 Å². The summed E-state index contributed by atoms with van der Waals surface area (Å²) in [4.78, 5) is 24.8. The van der Waals surface area contributed by atoms with Crippen molar-refractivity contribution < 1.29 is 45.8 Å². The number of piperazine rings is 1. The van der Waals surface area contributed by atoms with Gasteiger partial charge in [-0.05, 0) is 49.0 Å². The number of carbonyl (C=O) groups is 2. The Bertz CT molecular complexity index is 1150. The smallest absolute Gasteiger partial charge is 0.478 e. The number of alkyl halides is 3. The zero-order valence-corrected chi connectivity index (χ0v) is 19.2. The Balaban J connectivity index is 0.000000540. The molecule has 0 unspecified atom stereocenters. The highest BCUT2D eigenvalue weighted by Crippen LogP contribution is 2.26. The van der Waals surface area contributed by atoms with Crippen molar-refractivity contribution in [2.45, 2.75) is 18.0 Å². The Morgan fingerprint density at radius 3 is 2.00 bits per heavy atom. The molecule has 9 nitrogen and oxygen atoms in total. The minimum Gasteiger partial charge on any atom is -0.478 e. The molecule has 1 aliphatic heterocycles. The average Bonchev–Trinajstić information content (AvgIpc) is 2.79. The summed E-state index contributed by atoms with van der Waals surface area (Å²) < 4.78 is 72.1. The lowest BCUT2D eigenvalue weighted by Crippen LogP contribution is -2.46. The molecule has 3 rings (SSSR count). The summed E-state index contributed by atoms with van der Waals surface area (Å²) in [6.45, 7) is 6.38. The number of nitrogens with zero attached hydrogens (tertiary/aromatic N) is 2. The maximum Gasteiger partial charge on any atom is 0.490 e. The Kier molecular flexibility index (Phi) is 9.04. The third-order valence-corrected chi connectivity index (χ3v) is 6.41. The number of rotatable bonds is 6. The number of likely N-dealkylation sites (N-methyl/N-ethyl adjacent to an activating group) is 1. The summed E-state index contributed by atoms with van der Waals surface area (Å²) in [6, 6.07) is 8.95. The molecule has 0 aliphatic carbocycles. The molecular weight excluding hydrogens is 498 g/mol. The van der Waals surface area contributed by atoms with Crippen LogP contribution >= 0.6 is 0 Å². The molecule has 0 saturated carbocycles. The third-order valence-electron chi connectivity index (χ3n) is 5.03. The Morgan fingerprint density at radius 1 is 1.00 bits per heavy atom. The molecule has 2 aromatic carbocycles. The van der Waals surface area contributed by atoms with Crippen molar-refractivity contribution in [3.63, 3.8) is 0 Å². The van der Waals surface area contributed by atoms with E-state index in [1.54, 1.807) is 6.07 Å². The van der Waals surface area contributed by atoms with Gasteiger partial charge in [0.05, 0.1) is 16.1 Å². The number of aromatic carboxylic acids is 1. The van der Waals surface area contributed by atoms with Crippen LogP contribution in [0.25, 0.3) is 0 Å². The lowest BCUT2D eigenvalue weighted by molar-refractivity contribution is -0.192. The standard InChI is InChI=1S/C19H22FN3O4S.C2HF3O2/c1-2-22-9-11-23(12-10-22)15-5-8-18(17(13-15)19(24)25)21-28(26,27)16-6-3-14(20)4-7-16;3-2(4,5)1(6)7/h3-8,13,21H,2,9-12H2,1H3,(H,24,25);(H,6,7). The molecular formula is C21H23F4N3O6S. The molecule has 1 aliphatic rings. The first-order valence-electron chi connectivity index (χ1n) is 10.2. The zero-order chi connectivity index (χ0) is 26.4. The lowest BCUT2D eigenvalue weighted by Gasteiger charge is -2.35. The van der Waals surface area contributed by atoms with Gasteiger partial charge in [0, 0.05) is 31.9 Å². The van der Waals surface area contributed by atoms with Crippen molar-refractivity contribution >= 4 is 33.3 Å². The van der Waals surface area contributed by atoms with Crippen LogP contribution in [0.1, 0.15) is 17.3 Å². The summed E-state index contributed by atoms with van der Waals surface area (Å²) >= 11 is 0. The molecule has 1 saturated heterocycles. The Morgan fingerprint density at radius 2 is 1.54 bits per heavy atom. The summed E-state index contributed by atoms with van der Waals surface area (Å²) in [5.41, 5.74) is 0.562. The van der Waals surface area contributed by atoms with E-state index in [1.807, 2.05) is 0 Å². The van der Waals surface area contributed by atoms with Gasteiger partial charge >= 0.3 is 18.1 Å². The van der Waals surface area contributed by atoms with Gasteiger partial charge < -0.3 is 20.0 Å². The largest absolute Gasteiger partial charge is 0.490 e. The van der Waals surface area contributed by atoms with Crippen LogP contribution in [0.4, 0.5) is 28.9 Å². The van der Waals surface area contributed by atoms with Gasteiger partial charge in [0.15, 0.2) is 0 Å². The van der Waals surface area contributed by atoms with E-state index in [0.29, 0.717) is 0 Å². The van der Waals surface area contributed by atoms with E-state index < -0.39 is 34.0 Å². The fraction of sp³-hybridized carbons (Fsp3) is 0.333. The summed E-state index contributed by atoms with van der Waals surface area (Å²) in [6.07, 6.45) is -5.08. The van der Waals surface area contributed by atoms with Crippen molar-refractivity contribution in [2.24, 2.45) is 0 Å². The molecule has 1 heterocycles. The molecule has 3 N–H and O–H groups in total. The number of carboxylic acids is 2. The maximum absolute atomic E-state index is 13.0. The summed E-state index contributed by atoms with van der Waals surface area (Å²) in [5, 5.41) is 16.7. The van der Waals surface area contributed by atoms with Crippen LogP contribution in [0.5, 0.6) is 0 Å². The zero-order valence-electron chi connectivity index (χ0n) is 18.4. The number of halogens is 4. The van der Waals surface area contributed by atoms with Crippen LogP contribution in [0, 0.1) is 5.82 Å². The normalized spacial score (nSPS) is 14.6. The molecule has 0 atom stereocenters. The number of anilines is 2. The van der Waals surface area contributed by atoms with Crippen LogP contribution < -0.4 is 9.62 Å². The second-order valence-electron chi connectivity index (χ2n) is 7.32. The van der Waals surface area contributed by atoms with Gasteiger partial charge in [-0.3, -0.25) is 4.72 Å². The number of carboxylic acid groups (broad SMARTS) is 2. The van der Waals surface area contributed by atoms with Gasteiger partial charge in [0.1, 0.15) is 5.82 Å². The van der Waals surface area contributed by atoms with Gasteiger partial charge in [-0.2, -0.15) is 13.2 Å². The first-order chi connectivity index (χ1) is 16.2. The number of sulfonamides is 1. The predicted octanol–water partition coefficient (Wildman–Crippen LogP) is 3.10. The van der Waals surface area contributed by atoms with Gasteiger partial charge in [0.25, 0.3) is 10.0 Å². The van der Waals surface area contributed by atoms with Crippen molar-refractivity contribution in [2.75, 3.05) is 42.3 Å². The average molecular weight is 521 g/mol. The minimum atomic E-state index is -5.08. The summed E-state index contributed by atoms with van der Waals surface area (Å²) in [7, 11) is -4.03.